The Hall–Kier alpha value is -2.57. The van der Waals surface area contributed by atoms with E-state index in [9.17, 15) is 9.59 Å². The average Bonchev–Trinajstić information content (AvgIpc) is 3.27. The first-order valence-corrected chi connectivity index (χ1v) is 8.12. The largest absolute Gasteiger partial charge is 0.467 e. The number of ether oxygens (including phenoxy) is 1. The maximum Gasteiger partial charge on any atom is 0.397 e. The highest BCUT2D eigenvalue weighted by atomic mass is 16.5. The molecule has 7 nitrogen and oxygen atoms in total. The molecule has 2 aromatic rings. The van der Waals surface area contributed by atoms with Crippen LogP contribution in [-0.4, -0.2) is 33.2 Å². The van der Waals surface area contributed by atoms with Crippen molar-refractivity contribution in [3.63, 3.8) is 0 Å². The lowest BCUT2D eigenvalue weighted by molar-refractivity contribution is -0.160. The molecular weight excluding hydrogens is 310 g/mol. The molecule has 3 rings (SSSR count). The summed E-state index contributed by atoms with van der Waals surface area (Å²) in [5.74, 6) is -0.914. The summed E-state index contributed by atoms with van der Waals surface area (Å²) in [4.78, 5) is 25.7. The smallest absolute Gasteiger partial charge is 0.397 e. The van der Waals surface area contributed by atoms with E-state index in [-0.39, 0.29) is 19.7 Å². The normalized spacial score (nSPS) is 12.9. The van der Waals surface area contributed by atoms with E-state index < -0.39 is 11.9 Å². The number of esters is 1. The summed E-state index contributed by atoms with van der Waals surface area (Å²) in [6, 6.07) is 3.52. The number of aryl methyl sites for hydroxylation is 1. The van der Waals surface area contributed by atoms with Crippen LogP contribution in [-0.2, 0) is 47.3 Å². The number of aromatic nitrogens is 2. The summed E-state index contributed by atoms with van der Waals surface area (Å²) in [7, 11) is 1.91. The van der Waals surface area contributed by atoms with E-state index in [1.807, 2.05) is 11.7 Å². The third-order valence-corrected chi connectivity index (χ3v) is 4.20. The Balaban J connectivity index is 1.83. The summed E-state index contributed by atoms with van der Waals surface area (Å²) in [6.07, 6.45) is 4.60. The maximum absolute atomic E-state index is 12.4. The van der Waals surface area contributed by atoms with E-state index in [0.717, 1.165) is 25.0 Å². The van der Waals surface area contributed by atoms with E-state index >= 15 is 0 Å². The Bertz CT molecular complexity index is 733. The third kappa shape index (κ3) is 3.20. The van der Waals surface area contributed by atoms with Gasteiger partial charge in [-0.2, -0.15) is 5.10 Å². The summed E-state index contributed by atoms with van der Waals surface area (Å²) in [6.45, 7) is 2.31. The second-order valence-electron chi connectivity index (χ2n) is 5.81. The Kier molecular flexibility index (Phi) is 4.69. The van der Waals surface area contributed by atoms with Crippen molar-refractivity contribution in [3.05, 3.63) is 41.1 Å². The van der Waals surface area contributed by atoms with E-state index in [2.05, 4.69) is 5.10 Å². The lowest BCUT2D eigenvalue weighted by atomic mass is 10.2. The van der Waals surface area contributed by atoms with Gasteiger partial charge in [-0.25, -0.2) is 4.79 Å². The molecule has 0 unspecified atom stereocenters. The first-order valence-electron chi connectivity index (χ1n) is 8.12. The molecule has 2 aromatic heterocycles. The molecule has 128 valence electrons. The maximum atomic E-state index is 12.4. The van der Waals surface area contributed by atoms with Crippen LogP contribution >= 0.6 is 0 Å². The van der Waals surface area contributed by atoms with Gasteiger partial charge in [0, 0.05) is 12.7 Å². The molecule has 0 aromatic carbocycles. The molecule has 0 radical (unpaired) electrons. The molecule has 0 bridgehead atoms. The Labute approximate surface area is 140 Å². The van der Waals surface area contributed by atoms with Crippen molar-refractivity contribution in [3.8, 4) is 0 Å². The number of carbonyl (C=O) groups excluding carboxylic acids is 2. The molecule has 2 heterocycles. The number of rotatable bonds is 5. The van der Waals surface area contributed by atoms with Gasteiger partial charge in [-0.3, -0.25) is 9.48 Å². The van der Waals surface area contributed by atoms with E-state index in [4.69, 9.17) is 9.15 Å². The zero-order valence-corrected chi connectivity index (χ0v) is 13.9. The lowest BCUT2D eigenvalue weighted by Gasteiger charge is -2.20. The average molecular weight is 331 g/mol. The molecule has 24 heavy (non-hydrogen) atoms. The Morgan fingerprint density at radius 3 is 2.92 bits per heavy atom. The molecule has 0 N–H and O–H groups in total. The van der Waals surface area contributed by atoms with Crippen LogP contribution in [0.1, 0.15) is 36.1 Å². The van der Waals surface area contributed by atoms with Gasteiger partial charge in [-0.1, -0.05) is 0 Å². The van der Waals surface area contributed by atoms with Gasteiger partial charge in [0.1, 0.15) is 5.76 Å². The van der Waals surface area contributed by atoms with Gasteiger partial charge in [0.05, 0.1) is 31.7 Å². The first kappa shape index (κ1) is 16.3. The first-order chi connectivity index (χ1) is 11.6. The van der Waals surface area contributed by atoms with Gasteiger partial charge in [0.2, 0.25) is 0 Å². The third-order valence-electron chi connectivity index (χ3n) is 4.20. The van der Waals surface area contributed by atoms with Crippen LogP contribution in [0.4, 0.5) is 0 Å². The summed E-state index contributed by atoms with van der Waals surface area (Å²) >= 11 is 0. The number of nitrogens with zero attached hydrogens (tertiary/aromatic N) is 3. The topological polar surface area (TPSA) is 77.6 Å². The van der Waals surface area contributed by atoms with Crippen molar-refractivity contribution in [1.29, 1.82) is 0 Å². The van der Waals surface area contributed by atoms with Crippen molar-refractivity contribution in [2.75, 3.05) is 6.61 Å². The Morgan fingerprint density at radius 2 is 2.21 bits per heavy atom. The van der Waals surface area contributed by atoms with Crippen LogP contribution in [0.5, 0.6) is 0 Å². The van der Waals surface area contributed by atoms with Crippen molar-refractivity contribution in [1.82, 2.24) is 14.7 Å². The highest BCUT2D eigenvalue weighted by Crippen LogP contribution is 2.26. The van der Waals surface area contributed by atoms with Crippen molar-refractivity contribution in [2.45, 2.75) is 39.3 Å². The number of furan rings is 1. The highest BCUT2D eigenvalue weighted by molar-refractivity contribution is 6.32. The van der Waals surface area contributed by atoms with Gasteiger partial charge in [-0.15, -0.1) is 0 Å². The number of carbonyl (C=O) groups is 2. The quantitative estimate of drug-likeness (QED) is 0.614. The molecule has 0 fully saturated rings. The Morgan fingerprint density at radius 1 is 1.38 bits per heavy atom. The second-order valence-corrected chi connectivity index (χ2v) is 5.81. The van der Waals surface area contributed by atoms with Gasteiger partial charge in [0.25, 0.3) is 0 Å². The molecule has 1 aliphatic carbocycles. The van der Waals surface area contributed by atoms with Gasteiger partial charge < -0.3 is 14.1 Å². The minimum atomic E-state index is -0.850. The van der Waals surface area contributed by atoms with Gasteiger partial charge in [0.15, 0.2) is 0 Å². The lowest BCUT2D eigenvalue weighted by Crippen LogP contribution is -2.37. The van der Waals surface area contributed by atoms with Gasteiger partial charge in [-0.05, 0) is 43.9 Å². The highest BCUT2D eigenvalue weighted by Gasteiger charge is 2.28. The number of fused-ring (bicyclic) bond motifs is 1. The fourth-order valence-corrected chi connectivity index (χ4v) is 3.12. The summed E-state index contributed by atoms with van der Waals surface area (Å²) in [5.41, 5.74) is 3.25. The van der Waals surface area contributed by atoms with Crippen LogP contribution in [0.15, 0.2) is 22.8 Å². The fourth-order valence-electron chi connectivity index (χ4n) is 3.12. The van der Waals surface area contributed by atoms with Crippen LogP contribution < -0.4 is 0 Å². The molecule has 0 atom stereocenters. The number of hydrogen-bond acceptors (Lipinski definition) is 5. The molecule has 0 spiro atoms. The molecule has 7 heteroatoms. The van der Waals surface area contributed by atoms with Crippen molar-refractivity contribution in [2.24, 2.45) is 7.05 Å². The zero-order valence-electron chi connectivity index (χ0n) is 13.9. The van der Waals surface area contributed by atoms with Crippen molar-refractivity contribution >= 4 is 11.9 Å². The molecule has 0 saturated carbocycles. The van der Waals surface area contributed by atoms with Crippen LogP contribution in [0, 0.1) is 0 Å². The summed E-state index contributed by atoms with van der Waals surface area (Å²) < 4.78 is 12.0. The molecule has 1 aliphatic rings. The standard InChI is InChI=1S/C17H21N3O4/c1-3-23-17(22)16(21)20(10-12-6-5-9-24-12)11-14-13-7-4-8-15(13)19(2)18-14/h5-6,9H,3-4,7-8,10-11H2,1-2H3. The fraction of sp³-hybridized carbons (Fsp3) is 0.471. The van der Waals surface area contributed by atoms with Crippen LogP contribution in [0.3, 0.4) is 0 Å². The minimum absolute atomic E-state index is 0.165. The number of amides is 1. The van der Waals surface area contributed by atoms with E-state index in [1.165, 1.54) is 16.2 Å². The predicted octanol–water partition coefficient (Wildman–Crippen LogP) is 1.59. The molecular formula is C17H21N3O4. The second kappa shape index (κ2) is 6.90. The molecule has 1 amide bonds. The molecule has 0 saturated heterocycles. The minimum Gasteiger partial charge on any atom is -0.467 e. The molecule has 0 aliphatic heterocycles. The monoisotopic (exact) mass is 331 g/mol. The zero-order chi connectivity index (χ0) is 17.1. The van der Waals surface area contributed by atoms with Crippen LogP contribution in [0.25, 0.3) is 0 Å². The van der Waals surface area contributed by atoms with E-state index in [1.54, 1.807) is 25.3 Å². The van der Waals surface area contributed by atoms with Gasteiger partial charge >= 0.3 is 11.9 Å². The SMILES string of the molecule is CCOC(=O)C(=O)N(Cc1ccco1)Cc1nn(C)c2c1CCC2. The van der Waals surface area contributed by atoms with E-state index in [0.29, 0.717) is 5.76 Å². The predicted molar refractivity (Wildman–Crippen MR) is 84.8 cm³/mol. The van der Waals surface area contributed by atoms with Crippen molar-refractivity contribution < 1.29 is 18.7 Å². The van der Waals surface area contributed by atoms with Crippen LogP contribution in [0.2, 0.25) is 0 Å². The number of hydrogen-bond donors (Lipinski definition) is 0. The summed E-state index contributed by atoms with van der Waals surface area (Å²) in [5, 5.41) is 4.53.